The minimum atomic E-state index is -0.654. The van der Waals surface area contributed by atoms with Crippen molar-refractivity contribution < 1.29 is 24.3 Å². The van der Waals surface area contributed by atoms with E-state index < -0.39 is 11.0 Å². The number of nitro benzene ring substituents is 1. The molecule has 0 saturated carbocycles. The van der Waals surface area contributed by atoms with E-state index in [2.05, 4.69) is 4.98 Å². The third-order valence-corrected chi connectivity index (χ3v) is 3.05. The molecule has 23 heavy (non-hydrogen) atoms. The molecule has 0 saturated heterocycles. The standard InChI is InChI=1S/C14H15N3O6/c1-16(7-8-18)14(19)23-9-22-12-5-4-11(17(20)21)10-3-2-6-15-13(10)12/h2-6,18H,7-9H2,1H3. The van der Waals surface area contributed by atoms with Crippen molar-refractivity contribution in [1.29, 1.82) is 0 Å². The minimum absolute atomic E-state index is 0.0832. The Labute approximate surface area is 131 Å². The maximum atomic E-state index is 11.5. The lowest BCUT2D eigenvalue weighted by molar-refractivity contribution is -0.383. The number of rotatable bonds is 6. The number of aliphatic hydroxyl groups is 1. The number of aliphatic hydroxyl groups excluding tert-OH is 1. The predicted octanol–water partition coefficient (Wildman–Crippen LogP) is 1.54. The number of nitro groups is 1. The number of likely N-dealkylation sites (N-methyl/N-ethyl adjacent to an activating group) is 1. The van der Waals surface area contributed by atoms with Crippen LogP contribution < -0.4 is 4.74 Å². The van der Waals surface area contributed by atoms with E-state index in [9.17, 15) is 14.9 Å². The van der Waals surface area contributed by atoms with Crippen molar-refractivity contribution in [2.24, 2.45) is 0 Å². The van der Waals surface area contributed by atoms with Crippen LogP contribution in [0.5, 0.6) is 5.75 Å². The molecule has 0 aliphatic heterocycles. The minimum Gasteiger partial charge on any atom is -0.455 e. The number of carbonyl (C=O) groups excluding carboxylic acids is 1. The number of hydrogen-bond donors (Lipinski definition) is 1. The van der Waals surface area contributed by atoms with E-state index in [1.165, 1.54) is 30.3 Å². The highest BCUT2D eigenvalue weighted by Crippen LogP contribution is 2.31. The first-order chi connectivity index (χ1) is 11.0. The maximum absolute atomic E-state index is 11.5. The maximum Gasteiger partial charge on any atom is 0.412 e. The summed E-state index contributed by atoms with van der Waals surface area (Å²) in [6, 6.07) is 5.86. The molecule has 0 fully saturated rings. The molecule has 122 valence electrons. The number of non-ortho nitro benzene ring substituents is 1. The quantitative estimate of drug-likeness (QED) is 0.487. The van der Waals surface area contributed by atoms with Gasteiger partial charge in [0.15, 0.2) is 0 Å². The van der Waals surface area contributed by atoms with Gasteiger partial charge in [-0.15, -0.1) is 0 Å². The lowest BCUT2D eigenvalue weighted by Gasteiger charge is -2.16. The number of carbonyl (C=O) groups is 1. The van der Waals surface area contributed by atoms with Crippen LogP contribution in [0.4, 0.5) is 10.5 Å². The fraction of sp³-hybridized carbons (Fsp3) is 0.286. The van der Waals surface area contributed by atoms with Crippen LogP contribution in [0.2, 0.25) is 0 Å². The van der Waals surface area contributed by atoms with Crippen LogP contribution in [0.15, 0.2) is 30.5 Å². The van der Waals surface area contributed by atoms with Gasteiger partial charge in [0, 0.05) is 25.9 Å². The summed E-state index contributed by atoms with van der Waals surface area (Å²) in [5.41, 5.74) is 0.224. The average Bonchev–Trinajstić information content (AvgIpc) is 2.54. The van der Waals surface area contributed by atoms with E-state index in [0.29, 0.717) is 10.9 Å². The van der Waals surface area contributed by atoms with Gasteiger partial charge in [-0.25, -0.2) is 4.79 Å². The zero-order chi connectivity index (χ0) is 16.8. The molecule has 9 heteroatoms. The second-order valence-corrected chi connectivity index (χ2v) is 4.56. The summed E-state index contributed by atoms with van der Waals surface area (Å²) in [4.78, 5) is 27.3. The zero-order valence-corrected chi connectivity index (χ0v) is 12.3. The molecule has 0 bridgehead atoms. The van der Waals surface area contributed by atoms with E-state index in [1.807, 2.05) is 0 Å². The topological polar surface area (TPSA) is 115 Å². The first kappa shape index (κ1) is 16.4. The van der Waals surface area contributed by atoms with Crippen molar-refractivity contribution in [3.63, 3.8) is 0 Å². The van der Waals surface area contributed by atoms with Crippen molar-refractivity contribution in [3.05, 3.63) is 40.6 Å². The van der Waals surface area contributed by atoms with E-state index in [4.69, 9.17) is 14.6 Å². The number of pyridine rings is 1. The van der Waals surface area contributed by atoms with Gasteiger partial charge < -0.3 is 19.5 Å². The lowest BCUT2D eigenvalue weighted by Crippen LogP contribution is -2.31. The van der Waals surface area contributed by atoms with E-state index >= 15 is 0 Å². The van der Waals surface area contributed by atoms with Crippen molar-refractivity contribution >= 4 is 22.7 Å². The number of ether oxygens (including phenoxy) is 2. The number of fused-ring (bicyclic) bond motifs is 1. The summed E-state index contributed by atoms with van der Waals surface area (Å²) in [5.74, 6) is 0.267. The fourth-order valence-corrected chi connectivity index (χ4v) is 1.90. The third kappa shape index (κ3) is 3.83. The molecule has 0 atom stereocenters. The van der Waals surface area contributed by atoms with Gasteiger partial charge in [-0.05, 0) is 18.2 Å². The molecule has 2 aromatic rings. The van der Waals surface area contributed by atoms with Crippen LogP contribution >= 0.6 is 0 Å². The number of benzene rings is 1. The van der Waals surface area contributed by atoms with Crippen molar-refractivity contribution in [2.75, 3.05) is 27.0 Å². The summed E-state index contributed by atoms with van der Waals surface area (Å²) < 4.78 is 10.2. The molecule has 1 heterocycles. The molecule has 0 aliphatic carbocycles. The van der Waals surface area contributed by atoms with Crippen molar-refractivity contribution in [2.45, 2.75) is 0 Å². The lowest BCUT2D eigenvalue weighted by atomic mass is 10.1. The Hall–Kier alpha value is -2.94. The second kappa shape index (κ2) is 7.36. The van der Waals surface area contributed by atoms with Gasteiger partial charge in [0.1, 0.15) is 11.3 Å². The fourth-order valence-electron chi connectivity index (χ4n) is 1.90. The molecule has 0 unspecified atom stereocenters. The number of hydrogen-bond acceptors (Lipinski definition) is 7. The Kier molecular flexibility index (Phi) is 5.26. The second-order valence-electron chi connectivity index (χ2n) is 4.56. The molecule has 1 aromatic heterocycles. The first-order valence-electron chi connectivity index (χ1n) is 6.68. The molecule has 0 radical (unpaired) electrons. The van der Waals surface area contributed by atoms with Crippen LogP contribution in [-0.2, 0) is 4.74 Å². The Balaban J connectivity index is 2.11. The number of amides is 1. The molecular formula is C14H15N3O6. The molecular weight excluding hydrogens is 306 g/mol. The van der Waals surface area contributed by atoms with Gasteiger partial charge in [-0.3, -0.25) is 15.1 Å². The molecule has 2 rings (SSSR count). The third-order valence-electron chi connectivity index (χ3n) is 3.05. The van der Waals surface area contributed by atoms with Gasteiger partial charge >= 0.3 is 6.09 Å². The Morgan fingerprint density at radius 1 is 1.43 bits per heavy atom. The van der Waals surface area contributed by atoms with Gasteiger partial charge in [-0.2, -0.15) is 0 Å². The Morgan fingerprint density at radius 2 is 2.22 bits per heavy atom. The van der Waals surface area contributed by atoms with E-state index in [1.54, 1.807) is 12.1 Å². The summed E-state index contributed by atoms with van der Waals surface area (Å²) in [5, 5.41) is 20.1. The number of nitrogens with zero attached hydrogens (tertiary/aromatic N) is 3. The monoisotopic (exact) mass is 321 g/mol. The van der Waals surface area contributed by atoms with Crippen LogP contribution in [0.25, 0.3) is 10.9 Å². The zero-order valence-electron chi connectivity index (χ0n) is 12.3. The Bertz CT molecular complexity index is 721. The predicted molar refractivity (Wildman–Crippen MR) is 80.1 cm³/mol. The van der Waals surface area contributed by atoms with E-state index in [-0.39, 0.29) is 31.4 Å². The molecule has 1 amide bonds. The van der Waals surface area contributed by atoms with Crippen LogP contribution in [0.3, 0.4) is 0 Å². The highest BCUT2D eigenvalue weighted by Gasteiger charge is 2.16. The molecule has 1 aromatic carbocycles. The highest BCUT2D eigenvalue weighted by atomic mass is 16.7. The van der Waals surface area contributed by atoms with Crippen LogP contribution in [-0.4, -0.2) is 53.0 Å². The summed E-state index contributed by atoms with van der Waals surface area (Å²) in [6.07, 6.45) is 0.832. The Morgan fingerprint density at radius 3 is 2.91 bits per heavy atom. The summed E-state index contributed by atoms with van der Waals surface area (Å²) >= 11 is 0. The smallest absolute Gasteiger partial charge is 0.412 e. The largest absolute Gasteiger partial charge is 0.455 e. The molecule has 0 aliphatic rings. The highest BCUT2D eigenvalue weighted by molar-refractivity contribution is 5.92. The van der Waals surface area contributed by atoms with Crippen molar-refractivity contribution in [1.82, 2.24) is 9.88 Å². The first-order valence-corrected chi connectivity index (χ1v) is 6.68. The molecule has 9 nitrogen and oxygen atoms in total. The van der Waals surface area contributed by atoms with Gasteiger partial charge in [0.25, 0.3) is 5.69 Å². The van der Waals surface area contributed by atoms with Gasteiger partial charge in [0.2, 0.25) is 6.79 Å². The average molecular weight is 321 g/mol. The van der Waals surface area contributed by atoms with Crippen LogP contribution in [0.1, 0.15) is 0 Å². The van der Waals surface area contributed by atoms with E-state index in [0.717, 1.165) is 0 Å². The summed E-state index contributed by atoms with van der Waals surface area (Å²) in [7, 11) is 1.47. The van der Waals surface area contributed by atoms with Gasteiger partial charge in [-0.1, -0.05) is 0 Å². The van der Waals surface area contributed by atoms with Gasteiger partial charge in [0.05, 0.1) is 16.9 Å². The van der Waals surface area contributed by atoms with Crippen molar-refractivity contribution in [3.8, 4) is 5.75 Å². The number of aromatic nitrogens is 1. The normalized spacial score (nSPS) is 10.3. The molecule has 1 N–H and O–H groups in total. The summed E-state index contributed by atoms with van der Waals surface area (Å²) in [6.45, 7) is -0.414. The van der Waals surface area contributed by atoms with Crippen LogP contribution in [0, 0.1) is 10.1 Å². The SMILES string of the molecule is CN(CCO)C(=O)OCOc1ccc([N+](=O)[O-])c2cccnc12. The molecule has 0 spiro atoms.